The van der Waals surface area contributed by atoms with E-state index < -0.39 is 0 Å². The highest BCUT2D eigenvalue weighted by molar-refractivity contribution is 5.91. The molecule has 0 aromatic carbocycles. The third-order valence-corrected chi connectivity index (χ3v) is 4.08. The Bertz CT molecular complexity index is 649. The summed E-state index contributed by atoms with van der Waals surface area (Å²) >= 11 is 0. The minimum Gasteiger partial charge on any atom is -0.380 e. The summed E-state index contributed by atoms with van der Waals surface area (Å²) in [7, 11) is 0. The van der Waals surface area contributed by atoms with Gasteiger partial charge in [-0.1, -0.05) is 12.1 Å². The second-order valence-corrected chi connectivity index (χ2v) is 6.50. The van der Waals surface area contributed by atoms with Gasteiger partial charge in [0.05, 0.1) is 26.0 Å². The Hall–Kier alpha value is -2.27. The van der Waals surface area contributed by atoms with Crippen LogP contribution >= 0.6 is 0 Å². The third kappa shape index (κ3) is 3.74. The van der Waals surface area contributed by atoms with E-state index in [0.29, 0.717) is 44.8 Å². The van der Waals surface area contributed by atoms with Crippen molar-refractivity contribution in [3.05, 3.63) is 11.9 Å². The lowest BCUT2D eigenvalue weighted by atomic mass is 9.89. The van der Waals surface area contributed by atoms with Crippen LogP contribution in [0.5, 0.6) is 0 Å². The first kappa shape index (κ1) is 15.6. The summed E-state index contributed by atoms with van der Waals surface area (Å²) in [5.41, 5.74) is 0.0202. The van der Waals surface area contributed by atoms with Gasteiger partial charge in [0.25, 0.3) is 5.91 Å². The molecule has 0 saturated carbocycles. The molecule has 0 spiro atoms. The van der Waals surface area contributed by atoms with Crippen molar-refractivity contribution in [1.82, 2.24) is 20.3 Å². The van der Waals surface area contributed by atoms with Crippen molar-refractivity contribution in [3.8, 4) is 12.3 Å². The molecule has 1 amide bonds. The maximum Gasteiger partial charge on any atom is 0.273 e. The standard InChI is InChI=1S/C15H20N6O2/c1-3-4-5-15(18-19-15)6-7-16-13(22)12-8-21(20-17-12)9-14(2)10-23-11-14/h1,8H,4-7,9-11H2,2H3,(H,16,22). The molecule has 8 heteroatoms. The van der Waals surface area contributed by atoms with E-state index in [4.69, 9.17) is 11.2 Å². The first-order valence-electron chi connectivity index (χ1n) is 7.68. The zero-order valence-electron chi connectivity index (χ0n) is 13.2. The highest BCUT2D eigenvalue weighted by Gasteiger charge is 2.38. The van der Waals surface area contributed by atoms with E-state index in [1.54, 1.807) is 10.9 Å². The Labute approximate surface area is 134 Å². The molecule has 23 heavy (non-hydrogen) atoms. The molecule has 1 aromatic heterocycles. The zero-order valence-corrected chi connectivity index (χ0v) is 13.2. The largest absolute Gasteiger partial charge is 0.380 e. The Morgan fingerprint density at radius 1 is 1.48 bits per heavy atom. The van der Waals surface area contributed by atoms with Crippen molar-refractivity contribution in [2.75, 3.05) is 19.8 Å². The molecule has 3 rings (SSSR count). The lowest BCUT2D eigenvalue weighted by Gasteiger charge is -2.37. The molecule has 1 N–H and O–H groups in total. The second kappa shape index (κ2) is 6.08. The van der Waals surface area contributed by atoms with Crippen LogP contribution < -0.4 is 5.32 Å². The molecule has 0 bridgehead atoms. The number of nitrogens with zero attached hydrogens (tertiary/aromatic N) is 5. The molecule has 2 aliphatic heterocycles. The van der Waals surface area contributed by atoms with Crippen LogP contribution in [0.15, 0.2) is 16.4 Å². The monoisotopic (exact) mass is 316 g/mol. The number of aromatic nitrogens is 3. The van der Waals surface area contributed by atoms with Crippen molar-refractivity contribution >= 4 is 5.91 Å². The number of carbonyl (C=O) groups excluding carboxylic acids is 1. The van der Waals surface area contributed by atoms with Crippen molar-refractivity contribution in [2.45, 2.75) is 38.4 Å². The van der Waals surface area contributed by atoms with Crippen LogP contribution in [0.3, 0.4) is 0 Å². The van der Waals surface area contributed by atoms with Crippen LogP contribution in [0.25, 0.3) is 0 Å². The minimum absolute atomic E-state index is 0.0832. The number of hydrogen-bond donors (Lipinski definition) is 1. The van der Waals surface area contributed by atoms with Gasteiger partial charge in [-0.15, -0.1) is 17.4 Å². The zero-order chi connectivity index (χ0) is 16.3. The van der Waals surface area contributed by atoms with Gasteiger partial charge < -0.3 is 10.1 Å². The van der Waals surface area contributed by atoms with Gasteiger partial charge in [-0.3, -0.25) is 9.48 Å². The normalized spacial score (nSPS) is 19.7. The Balaban J connectivity index is 1.44. The number of hydrogen-bond acceptors (Lipinski definition) is 6. The molecule has 122 valence electrons. The van der Waals surface area contributed by atoms with Gasteiger partial charge in [-0.25, -0.2) is 0 Å². The first-order chi connectivity index (χ1) is 11.0. The average Bonchev–Trinajstić information content (AvgIpc) is 3.12. The van der Waals surface area contributed by atoms with Crippen molar-refractivity contribution in [2.24, 2.45) is 15.6 Å². The van der Waals surface area contributed by atoms with Crippen molar-refractivity contribution in [1.29, 1.82) is 0 Å². The molecule has 8 nitrogen and oxygen atoms in total. The quantitative estimate of drug-likeness (QED) is 0.724. The highest BCUT2D eigenvalue weighted by atomic mass is 16.5. The molecule has 0 aliphatic carbocycles. The number of amides is 1. The number of rotatable bonds is 8. The fourth-order valence-electron chi connectivity index (χ4n) is 2.55. The van der Waals surface area contributed by atoms with Gasteiger partial charge in [0.15, 0.2) is 11.4 Å². The molecular formula is C15H20N6O2. The predicted octanol–water partition coefficient (Wildman–Crippen LogP) is 1.01. The smallest absolute Gasteiger partial charge is 0.273 e. The topological polar surface area (TPSA) is 93.8 Å². The van der Waals surface area contributed by atoms with Crippen molar-refractivity contribution < 1.29 is 9.53 Å². The summed E-state index contributed by atoms with van der Waals surface area (Å²) in [5, 5.41) is 18.8. The van der Waals surface area contributed by atoms with Crippen molar-refractivity contribution in [3.63, 3.8) is 0 Å². The summed E-state index contributed by atoms with van der Waals surface area (Å²) < 4.78 is 6.90. The fourth-order valence-corrected chi connectivity index (χ4v) is 2.55. The van der Waals surface area contributed by atoms with E-state index in [0.717, 1.165) is 6.42 Å². The Morgan fingerprint density at radius 2 is 2.26 bits per heavy atom. The van der Waals surface area contributed by atoms with Crippen LogP contribution in [-0.2, 0) is 11.3 Å². The first-order valence-corrected chi connectivity index (χ1v) is 7.68. The lowest BCUT2D eigenvalue weighted by Crippen LogP contribution is -2.43. The van der Waals surface area contributed by atoms with E-state index >= 15 is 0 Å². The summed E-state index contributed by atoms with van der Waals surface area (Å²) in [6.45, 7) is 4.72. The van der Waals surface area contributed by atoms with Crippen LogP contribution in [0.2, 0.25) is 0 Å². The van der Waals surface area contributed by atoms with Crippen LogP contribution in [-0.4, -0.2) is 46.3 Å². The number of nitrogens with one attached hydrogen (secondary N) is 1. The Morgan fingerprint density at radius 3 is 2.87 bits per heavy atom. The summed E-state index contributed by atoms with van der Waals surface area (Å²) in [6, 6.07) is 0. The molecular weight excluding hydrogens is 296 g/mol. The third-order valence-electron chi connectivity index (χ3n) is 4.08. The molecule has 0 radical (unpaired) electrons. The lowest BCUT2D eigenvalue weighted by molar-refractivity contribution is -0.111. The predicted molar refractivity (Wildman–Crippen MR) is 81.6 cm³/mol. The fraction of sp³-hybridized carbons (Fsp3) is 0.667. The van der Waals surface area contributed by atoms with Crippen LogP contribution in [0.1, 0.15) is 36.7 Å². The summed E-state index contributed by atoms with van der Waals surface area (Å²) in [6.07, 6.45) is 8.94. The van der Waals surface area contributed by atoms with E-state index in [2.05, 4.69) is 38.7 Å². The Kier molecular flexibility index (Phi) is 4.13. The maximum absolute atomic E-state index is 12.1. The minimum atomic E-state index is -0.379. The maximum atomic E-state index is 12.1. The van der Waals surface area contributed by atoms with Gasteiger partial charge >= 0.3 is 0 Å². The van der Waals surface area contributed by atoms with Crippen LogP contribution in [0.4, 0.5) is 0 Å². The number of terminal acetylenes is 1. The van der Waals surface area contributed by atoms with E-state index in [-0.39, 0.29) is 17.0 Å². The van der Waals surface area contributed by atoms with Gasteiger partial charge in [-0.2, -0.15) is 10.2 Å². The number of carbonyl (C=O) groups is 1. The summed E-state index contributed by atoms with van der Waals surface area (Å²) in [4.78, 5) is 12.1. The highest BCUT2D eigenvalue weighted by Crippen LogP contribution is 2.36. The molecule has 1 saturated heterocycles. The second-order valence-electron chi connectivity index (χ2n) is 6.50. The van der Waals surface area contributed by atoms with Gasteiger partial charge in [0.1, 0.15) is 0 Å². The van der Waals surface area contributed by atoms with E-state index in [9.17, 15) is 4.79 Å². The average molecular weight is 316 g/mol. The molecule has 0 atom stereocenters. The van der Waals surface area contributed by atoms with Gasteiger partial charge in [0, 0.05) is 31.2 Å². The molecule has 1 fully saturated rings. The van der Waals surface area contributed by atoms with E-state index in [1.165, 1.54) is 0 Å². The SMILES string of the molecule is C#CCCC1(CCNC(=O)c2cn(CC3(C)COC3)nn2)N=N1. The van der Waals surface area contributed by atoms with Gasteiger partial charge in [0.2, 0.25) is 0 Å². The summed E-state index contributed by atoms with van der Waals surface area (Å²) in [5.74, 6) is 2.35. The number of ether oxygens (including phenoxy) is 1. The van der Waals surface area contributed by atoms with Gasteiger partial charge in [-0.05, 0) is 0 Å². The molecule has 2 aliphatic rings. The molecule has 0 unspecified atom stereocenters. The molecule has 1 aromatic rings. The van der Waals surface area contributed by atoms with E-state index in [1.807, 2.05) is 0 Å². The molecule has 3 heterocycles. The van der Waals surface area contributed by atoms with Crippen LogP contribution in [0, 0.1) is 17.8 Å².